The molecule has 30 heavy (non-hydrogen) atoms. The Morgan fingerprint density at radius 3 is 2.33 bits per heavy atom. The van der Waals surface area contributed by atoms with Gasteiger partial charge in [0.1, 0.15) is 0 Å². The molecule has 4 aromatic rings. The van der Waals surface area contributed by atoms with Gasteiger partial charge in [0.25, 0.3) is 0 Å². The highest BCUT2D eigenvalue weighted by molar-refractivity contribution is 5.94. The molecule has 1 aromatic carbocycles. The number of hydrogen-bond acceptors (Lipinski definition) is 5. The SMILES string of the molecule is Cc1ccc(-c2ccc3nccc(N[C@H](C)c4cnc(C(F)(F)F)nc4)c3c2)nc1. The number of halogens is 3. The summed E-state index contributed by atoms with van der Waals surface area (Å²) in [6, 6.07) is 11.4. The summed E-state index contributed by atoms with van der Waals surface area (Å²) in [4.78, 5) is 15.7. The Morgan fingerprint density at radius 2 is 1.67 bits per heavy atom. The van der Waals surface area contributed by atoms with Crippen molar-refractivity contribution < 1.29 is 13.2 Å². The predicted molar refractivity (Wildman–Crippen MR) is 109 cm³/mol. The highest BCUT2D eigenvalue weighted by atomic mass is 19.4. The third-order valence-corrected chi connectivity index (χ3v) is 4.75. The van der Waals surface area contributed by atoms with E-state index in [4.69, 9.17) is 0 Å². The molecule has 152 valence electrons. The lowest BCUT2D eigenvalue weighted by molar-refractivity contribution is -0.145. The molecule has 8 heteroatoms. The zero-order valence-corrected chi connectivity index (χ0v) is 16.3. The minimum Gasteiger partial charge on any atom is -0.378 e. The molecule has 5 nitrogen and oxygen atoms in total. The average Bonchev–Trinajstić information content (AvgIpc) is 2.74. The van der Waals surface area contributed by atoms with Crippen LogP contribution in [-0.4, -0.2) is 19.9 Å². The molecule has 0 aliphatic carbocycles. The number of fused-ring (bicyclic) bond motifs is 1. The van der Waals surface area contributed by atoms with Crippen LogP contribution in [0.4, 0.5) is 18.9 Å². The summed E-state index contributed by atoms with van der Waals surface area (Å²) < 4.78 is 38.1. The van der Waals surface area contributed by atoms with Gasteiger partial charge in [-0.15, -0.1) is 0 Å². The molecular formula is C22H18F3N5. The summed E-state index contributed by atoms with van der Waals surface area (Å²) in [7, 11) is 0. The number of aromatic nitrogens is 4. The van der Waals surface area contributed by atoms with Crippen LogP contribution in [0.2, 0.25) is 0 Å². The van der Waals surface area contributed by atoms with Gasteiger partial charge in [-0.25, -0.2) is 9.97 Å². The van der Waals surface area contributed by atoms with Crippen molar-refractivity contribution in [3.05, 3.63) is 78.1 Å². The molecule has 1 N–H and O–H groups in total. The van der Waals surface area contributed by atoms with Gasteiger partial charge in [0.15, 0.2) is 0 Å². The molecule has 4 rings (SSSR count). The fourth-order valence-corrected chi connectivity index (χ4v) is 3.09. The molecule has 3 heterocycles. The predicted octanol–water partition coefficient (Wildman–Crippen LogP) is 5.59. The third kappa shape index (κ3) is 4.07. The molecule has 0 radical (unpaired) electrons. The van der Waals surface area contributed by atoms with E-state index >= 15 is 0 Å². The van der Waals surface area contributed by atoms with E-state index in [1.54, 1.807) is 6.20 Å². The highest BCUT2D eigenvalue weighted by Gasteiger charge is 2.34. The average molecular weight is 409 g/mol. The largest absolute Gasteiger partial charge is 0.451 e. The van der Waals surface area contributed by atoms with Crippen LogP contribution in [0.1, 0.15) is 29.9 Å². The van der Waals surface area contributed by atoms with Gasteiger partial charge in [-0.3, -0.25) is 9.97 Å². The number of pyridine rings is 2. The molecule has 0 saturated carbocycles. The summed E-state index contributed by atoms with van der Waals surface area (Å²) in [5.74, 6) is -1.15. The van der Waals surface area contributed by atoms with E-state index in [9.17, 15) is 13.2 Å². The minimum atomic E-state index is -4.56. The molecule has 0 bridgehead atoms. The van der Waals surface area contributed by atoms with Gasteiger partial charge in [-0.1, -0.05) is 12.1 Å². The lowest BCUT2D eigenvalue weighted by Crippen LogP contribution is -2.13. The van der Waals surface area contributed by atoms with Gasteiger partial charge < -0.3 is 5.32 Å². The molecule has 0 saturated heterocycles. The Bertz CT molecular complexity index is 1170. The molecular weight excluding hydrogens is 391 g/mol. The smallest absolute Gasteiger partial charge is 0.378 e. The molecule has 0 fully saturated rings. The maximum absolute atomic E-state index is 12.7. The molecule has 3 aromatic heterocycles. The normalized spacial score (nSPS) is 12.7. The summed E-state index contributed by atoms with van der Waals surface area (Å²) in [6.45, 7) is 3.82. The Hall–Kier alpha value is -3.55. The van der Waals surface area contributed by atoms with Crippen LogP contribution in [0.15, 0.2) is 61.2 Å². The van der Waals surface area contributed by atoms with Crippen LogP contribution in [0, 0.1) is 6.92 Å². The topological polar surface area (TPSA) is 63.6 Å². The fourth-order valence-electron chi connectivity index (χ4n) is 3.09. The molecule has 0 spiro atoms. The number of rotatable bonds is 4. The van der Waals surface area contributed by atoms with E-state index in [-0.39, 0.29) is 6.04 Å². The van der Waals surface area contributed by atoms with Crippen molar-refractivity contribution in [2.45, 2.75) is 26.1 Å². The number of nitrogens with zero attached hydrogens (tertiary/aromatic N) is 4. The van der Waals surface area contributed by atoms with Gasteiger partial charge in [0, 0.05) is 47.0 Å². The minimum absolute atomic E-state index is 0.306. The molecule has 1 atom stereocenters. The first-order chi connectivity index (χ1) is 14.3. The Morgan fingerprint density at radius 1 is 0.900 bits per heavy atom. The molecule has 0 aliphatic rings. The summed E-state index contributed by atoms with van der Waals surface area (Å²) in [6.07, 6.45) is 1.33. The summed E-state index contributed by atoms with van der Waals surface area (Å²) in [5.41, 5.74) is 5.03. The van der Waals surface area contributed by atoms with Crippen molar-refractivity contribution in [3.8, 4) is 11.3 Å². The van der Waals surface area contributed by atoms with Crippen LogP contribution in [-0.2, 0) is 6.18 Å². The lowest BCUT2D eigenvalue weighted by Gasteiger charge is -2.17. The molecule has 0 amide bonds. The van der Waals surface area contributed by atoms with Crippen molar-refractivity contribution in [2.75, 3.05) is 5.32 Å². The first-order valence-electron chi connectivity index (χ1n) is 9.29. The van der Waals surface area contributed by atoms with Crippen LogP contribution in [0.5, 0.6) is 0 Å². The quantitative estimate of drug-likeness (QED) is 0.476. The summed E-state index contributed by atoms with van der Waals surface area (Å²) in [5, 5.41) is 4.21. The molecule has 0 aliphatic heterocycles. The second kappa shape index (κ2) is 7.70. The van der Waals surface area contributed by atoms with E-state index in [0.29, 0.717) is 5.56 Å². The van der Waals surface area contributed by atoms with Crippen LogP contribution >= 0.6 is 0 Å². The molecule has 0 unspecified atom stereocenters. The van der Waals surface area contributed by atoms with Gasteiger partial charge in [-0.2, -0.15) is 13.2 Å². The zero-order valence-electron chi connectivity index (χ0n) is 16.3. The van der Waals surface area contributed by atoms with Gasteiger partial charge in [-0.05, 0) is 43.7 Å². The van der Waals surface area contributed by atoms with Gasteiger partial charge in [0.05, 0.1) is 17.3 Å². The summed E-state index contributed by atoms with van der Waals surface area (Å²) >= 11 is 0. The van der Waals surface area contributed by atoms with Crippen LogP contribution in [0.3, 0.4) is 0 Å². The first-order valence-corrected chi connectivity index (χ1v) is 9.29. The van der Waals surface area contributed by atoms with Crippen molar-refractivity contribution in [1.82, 2.24) is 19.9 Å². The van der Waals surface area contributed by atoms with Gasteiger partial charge in [0.2, 0.25) is 5.82 Å². The zero-order chi connectivity index (χ0) is 21.3. The maximum atomic E-state index is 12.7. The number of hydrogen-bond donors (Lipinski definition) is 1. The van der Waals surface area contributed by atoms with Crippen LogP contribution in [0.25, 0.3) is 22.2 Å². The van der Waals surface area contributed by atoms with E-state index in [0.717, 1.165) is 33.4 Å². The van der Waals surface area contributed by atoms with Crippen molar-refractivity contribution >= 4 is 16.6 Å². The Labute approximate surface area is 171 Å². The number of anilines is 1. The van der Waals surface area contributed by atoms with Crippen molar-refractivity contribution in [2.24, 2.45) is 0 Å². The monoisotopic (exact) mass is 409 g/mol. The Kier molecular flexibility index (Phi) is 5.07. The second-order valence-corrected chi connectivity index (χ2v) is 7.02. The number of nitrogens with one attached hydrogen (secondary N) is 1. The standard InChI is InChI=1S/C22H18F3N5/c1-13-3-5-18(27-10-13)15-4-6-19-17(9-15)20(7-8-26-19)30-14(2)16-11-28-21(29-12-16)22(23,24)25/h3-12,14H,1-2H3,(H,26,30)/t14-/m1/s1. The Balaban J connectivity index is 1.65. The fraction of sp³-hybridized carbons (Fsp3) is 0.182. The van der Waals surface area contributed by atoms with Crippen LogP contribution < -0.4 is 5.32 Å². The second-order valence-electron chi connectivity index (χ2n) is 7.02. The van der Waals surface area contributed by atoms with E-state index in [1.165, 1.54) is 12.4 Å². The van der Waals surface area contributed by atoms with E-state index in [1.807, 2.05) is 56.4 Å². The van der Waals surface area contributed by atoms with Gasteiger partial charge >= 0.3 is 6.18 Å². The number of benzene rings is 1. The first kappa shape index (κ1) is 19.8. The highest BCUT2D eigenvalue weighted by Crippen LogP contribution is 2.30. The van der Waals surface area contributed by atoms with Crippen molar-refractivity contribution in [1.29, 1.82) is 0 Å². The maximum Gasteiger partial charge on any atom is 0.451 e. The van der Waals surface area contributed by atoms with E-state index < -0.39 is 12.0 Å². The third-order valence-electron chi connectivity index (χ3n) is 4.75. The number of aryl methyl sites for hydroxylation is 1. The number of alkyl halides is 3. The van der Waals surface area contributed by atoms with Crippen molar-refractivity contribution in [3.63, 3.8) is 0 Å². The lowest BCUT2D eigenvalue weighted by atomic mass is 10.1. The van der Waals surface area contributed by atoms with E-state index in [2.05, 4.69) is 25.3 Å².